The SMILES string of the molecule is CCCCc1ccc(-c2nc(-c3ccccc3)nc(-c3cccc(-c4ccccc4-n4c5ccccc5c5ccc6sc7c(CCCC)cccc7c6c54)c3)n2)cc1. The maximum atomic E-state index is 5.14. The van der Waals surface area contributed by atoms with Crippen molar-refractivity contribution < 1.29 is 0 Å². The van der Waals surface area contributed by atoms with Crippen LogP contribution in [0.2, 0.25) is 0 Å². The Labute approximate surface area is 343 Å². The molecule has 0 saturated carbocycles. The van der Waals surface area contributed by atoms with E-state index in [-0.39, 0.29) is 0 Å². The summed E-state index contributed by atoms with van der Waals surface area (Å²) in [6.07, 6.45) is 6.92. The van der Waals surface area contributed by atoms with Gasteiger partial charge in [-0.1, -0.05) is 160 Å². The van der Waals surface area contributed by atoms with Crippen LogP contribution in [0.5, 0.6) is 0 Å². The predicted octanol–water partition coefficient (Wildman–Crippen LogP) is 14.7. The quantitative estimate of drug-likeness (QED) is 0.132. The van der Waals surface area contributed by atoms with E-state index in [1.54, 1.807) is 0 Å². The fraction of sp³-hybridized carbons (Fsp3) is 0.151. The van der Waals surface area contributed by atoms with Crippen molar-refractivity contribution in [3.8, 4) is 51.0 Å². The standard InChI is InChI=1S/C53H44N4S/c1-3-5-16-35-28-30-38(31-29-35)52-54-51(37-18-8-7-9-19-37)55-53(56-52)40-22-14-21-39(34-40)41-23-10-12-26-45(41)57-46-27-13-11-24-42(46)43-32-33-47-48(49(43)57)44-25-15-20-36(17-6-4-2)50(44)58-47/h7-15,18-34H,3-6,16-17H2,1-2H3. The topological polar surface area (TPSA) is 43.6 Å². The van der Waals surface area contributed by atoms with E-state index in [0.29, 0.717) is 17.5 Å². The maximum Gasteiger partial charge on any atom is 0.164 e. The van der Waals surface area contributed by atoms with Gasteiger partial charge in [0.25, 0.3) is 0 Å². The molecule has 0 radical (unpaired) electrons. The molecule has 0 aliphatic carbocycles. The number of para-hydroxylation sites is 2. The van der Waals surface area contributed by atoms with Crippen LogP contribution < -0.4 is 0 Å². The second kappa shape index (κ2) is 15.5. The second-order valence-corrected chi connectivity index (χ2v) is 16.3. The molecule has 0 aliphatic rings. The summed E-state index contributed by atoms with van der Waals surface area (Å²) in [5, 5.41) is 5.21. The summed E-state index contributed by atoms with van der Waals surface area (Å²) < 4.78 is 5.25. The highest BCUT2D eigenvalue weighted by molar-refractivity contribution is 7.26. The van der Waals surface area contributed by atoms with E-state index in [9.17, 15) is 0 Å². The van der Waals surface area contributed by atoms with Crippen LogP contribution in [-0.2, 0) is 12.8 Å². The first-order valence-electron chi connectivity index (χ1n) is 20.7. The first-order chi connectivity index (χ1) is 28.7. The number of rotatable bonds is 11. The minimum Gasteiger partial charge on any atom is -0.308 e. The fourth-order valence-electron chi connectivity index (χ4n) is 8.50. The molecule has 0 fully saturated rings. The zero-order valence-electron chi connectivity index (χ0n) is 33.0. The third-order valence-electron chi connectivity index (χ3n) is 11.5. The Balaban J connectivity index is 1.15. The largest absolute Gasteiger partial charge is 0.308 e. The highest BCUT2D eigenvalue weighted by Crippen LogP contribution is 2.45. The summed E-state index contributed by atoms with van der Waals surface area (Å²) in [5.74, 6) is 1.99. The molecule has 4 nitrogen and oxygen atoms in total. The van der Waals surface area contributed by atoms with Gasteiger partial charge in [-0.25, -0.2) is 15.0 Å². The van der Waals surface area contributed by atoms with Gasteiger partial charge in [0.2, 0.25) is 0 Å². The Bertz CT molecular complexity index is 3080. The first-order valence-corrected chi connectivity index (χ1v) is 21.5. The minimum absolute atomic E-state index is 0.653. The van der Waals surface area contributed by atoms with Gasteiger partial charge in [0.1, 0.15) is 0 Å². The van der Waals surface area contributed by atoms with E-state index in [1.165, 1.54) is 78.8 Å². The van der Waals surface area contributed by atoms with Gasteiger partial charge in [0.15, 0.2) is 17.5 Å². The Kier molecular flexibility index (Phi) is 9.60. The zero-order chi connectivity index (χ0) is 39.0. The van der Waals surface area contributed by atoms with Crippen molar-refractivity contribution in [2.45, 2.75) is 52.4 Å². The third-order valence-corrected chi connectivity index (χ3v) is 12.7. The van der Waals surface area contributed by atoms with Crippen LogP contribution in [0, 0.1) is 0 Å². The molecule has 3 aromatic heterocycles. The molecule has 0 spiro atoms. The molecule has 0 bridgehead atoms. The molecule has 0 N–H and O–H groups in total. The monoisotopic (exact) mass is 768 g/mol. The number of aromatic nitrogens is 4. The van der Waals surface area contributed by atoms with Gasteiger partial charge in [0, 0.05) is 53.2 Å². The number of aryl methyl sites for hydroxylation is 2. The van der Waals surface area contributed by atoms with E-state index < -0.39 is 0 Å². The van der Waals surface area contributed by atoms with Crippen molar-refractivity contribution in [1.29, 1.82) is 0 Å². The molecular formula is C53H44N4S. The molecule has 0 atom stereocenters. The molecule has 0 aliphatic heterocycles. The van der Waals surface area contributed by atoms with Gasteiger partial charge in [-0.05, 0) is 66.6 Å². The molecule has 0 amide bonds. The third kappa shape index (κ3) is 6.46. The van der Waals surface area contributed by atoms with Gasteiger partial charge in [-0.2, -0.15) is 0 Å². The number of thiophene rings is 1. The van der Waals surface area contributed by atoms with Crippen molar-refractivity contribution >= 4 is 53.3 Å². The van der Waals surface area contributed by atoms with Crippen molar-refractivity contribution in [3.05, 3.63) is 169 Å². The molecular weight excluding hydrogens is 725 g/mol. The van der Waals surface area contributed by atoms with Crippen LogP contribution in [-0.4, -0.2) is 19.5 Å². The molecule has 282 valence electrons. The summed E-state index contributed by atoms with van der Waals surface area (Å²) in [5.41, 5.74) is 11.5. The molecule has 10 rings (SSSR count). The Morgan fingerprint density at radius 1 is 0.500 bits per heavy atom. The normalized spacial score (nSPS) is 11.7. The Morgan fingerprint density at radius 3 is 1.95 bits per heavy atom. The number of nitrogens with zero attached hydrogens (tertiary/aromatic N) is 4. The average Bonchev–Trinajstić information content (AvgIpc) is 3.84. The maximum absolute atomic E-state index is 5.14. The molecule has 0 saturated heterocycles. The lowest BCUT2D eigenvalue weighted by Gasteiger charge is -2.15. The van der Waals surface area contributed by atoms with Crippen molar-refractivity contribution in [3.63, 3.8) is 0 Å². The zero-order valence-corrected chi connectivity index (χ0v) is 33.8. The van der Waals surface area contributed by atoms with Gasteiger partial charge >= 0.3 is 0 Å². The highest BCUT2D eigenvalue weighted by Gasteiger charge is 2.21. The van der Waals surface area contributed by atoms with E-state index in [0.717, 1.165) is 46.3 Å². The van der Waals surface area contributed by atoms with E-state index >= 15 is 0 Å². The van der Waals surface area contributed by atoms with Crippen molar-refractivity contribution in [2.24, 2.45) is 0 Å². The van der Waals surface area contributed by atoms with Crippen LogP contribution >= 0.6 is 11.3 Å². The molecule has 5 heteroatoms. The lowest BCUT2D eigenvalue weighted by molar-refractivity contribution is 0.795. The number of benzene rings is 7. The van der Waals surface area contributed by atoms with Crippen LogP contribution in [0.25, 0.3) is 93.0 Å². The summed E-state index contributed by atoms with van der Waals surface area (Å²) >= 11 is 1.94. The summed E-state index contributed by atoms with van der Waals surface area (Å²) in [4.78, 5) is 15.3. The number of fused-ring (bicyclic) bond motifs is 7. The fourth-order valence-corrected chi connectivity index (χ4v) is 9.75. The van der Waals surface area contributed by atoms with Gasteiger partial charge in [-0.3, -0.25) is 0 Å². The molecule has 58 heavy (non-hydrogen) atoms. The van der Waals surface area contributed by atoms with Crippen LogP contribution in [0.4, 0.5) is 0 Å². The van der Waals surface area contributed by atoms with E-state index in [1.807, 2.05) is 29.5 Å². The minimum atomic E-state index is 0.653. The van der Waals surface area contributed by atoms with Gasteiger partial charge in [0.05, 0.1) is 16.7 Å². The van der Waals surface area contributed by atoms with Gasteiger partial charge in [-0.15, -0.1) is 11.3 Å². The molecule has 10 aromatic rings. The van der Waals surface area contributed by atoms with E-state index in [4.69, 9.17) is 15.0 Å². The Morgan fingerprint density at radius 2 is 1.14 bits per heavy atom. The van der Waals surface area contributed by atoms with Crippen molar-refractivity contribution in [1.82, 2.24) is 19.5 Å². The second-order valence-electron chi connectivity index (χ2n) is 15.3. The molecule has 3 heterocycles. The van der Waals surface area contributed by atoms with Crippen LogP contribution in [0.1, 0.15) is 50.7 Å². The summed E-state index contributed by atoms with van der Waals surface area (Å²) in [7, 11) is 0. The Hall–Kier alpha value is -6.43. The van der Waals surface area contributed by atoms with Crippen LogP contribution in [0.3, 0.4) is 0 Å². The van der Waals surface area contributed by atoms with Gasteiger partial charge < -0.3 is 4.57 Å². The van der Waals surface area contributed by atoms with Crippen LogP contribution in [0.15, 0.2) is 158 Å². The predicted molar refractivity (Wildman–Crippen MR) is 246 cm³/mol. The average molecular weight is 769 g/mol. The van der Waals surface area contributed by atoms with Crippen molar-refractivity contribution in [2.75, 3.05) is 0 Å². The number of unbranched alkanes of at least 4 members (excludes halogenated alkanes) is 2. The smallest absolute Gasteiger partial charge is 0.164 e. The highest BCUT2D eigenvalue weighted by atomic mass is 32.1. The molecule has 0 unspecified atom stereocenters. The number of hydrogen-bond acceptors (Lipinski definition) is 4. The lowest BCUT2D eigenvalue weighted by Crippen LogP contribution is -2.01. The van der Waals surface area contributed by atoms with E-state index in [2.05, 4.69) is 158 Å². The number of hydrogen-bond donors (Lipinski definition) is 0. The first kappa shape index (κ1) is 35.9. The summed E-state index contributed by atoms with van der Waals surface area (Å²) in [6.45, 7) is 4.51. The summed E-state index contributed by atoms with van der Waals surface area (Å²) in [6, 6.07) is 56.9. The molecule has 7 aromatic carbocycles. The lowest BCUT2D eigenvalue weighted by atomic mass is 10.00.